The van der Waals surface area contributed by atoms with E-state index in [1.165, 1.54) is 24.4 Å². The van der Waals surface area contributed by atoms with Crippen LogP contribution in [-0.2, 0) is 29.2 Å². The van der Waals surface area contributed by atoms with Gasteiger partial charge in [-0.05, 0) is 25.3 Å². The first-order chi connectivity index (χ1) is 17.8. The number of fused-ring (bicyclic) bond motifs is 2. The third-order valence-corrected chi connectivity index (χ3v) is 7.76. The molecule has 37 heavy (non-hydrogen) atoms. The average Bonchev–Trinajstić information content (AvgIpc) is 3.57. The number of rotatable bonds is 9. The minimum atomic E-state index is -1.17. The van der Waals surface area contributed by atoms with Gasteiger partial charge < -0.3 is 31.7 Å². The maximum atomic E-state index is 12.4. The van der Waals surface area contributed by atoms with E-state index in [1.54, 1.807) is 4.57 Å². The van der Waals surface area contributed by atoms with Crippen molar-refractivity contribution in [1.82, 2.24) is 39.5 Å². The lowest BCUT2D eigenvalue weighted by atomic mass is 10.1. The number of ether oxygens (including phenoxy) is 1. The zero-order chi connectivity index (χ0) is 26.1. The minimum absolute atomic E-state index is 0.223. The third-order valence-electron chi connectivity index (χ3n) is 6.67. The highest BCUT2D eigenvalue weighted by atomic mass is 32.2. The largest absolute Gasteiger partial charge is 0.387 e. The summed E-state index contributed by atoms with van der Waals surface area (Å²) in [5, 5.41) is 28.5. The summed E-state index contributed by atoms with van der Waals surface area (Å²) in [6.45, 7) is 2.98. The number of thioether (sulfide) groups is 1. The molecule has 0 spiro atoms. The Morgan fingerprint density at radius 2 is 2.14 bits per heavy atom. The van der Waals surface area contributed by atoms with Crippen LogP contribution < -0.4 is 16.8 Å². The van der Waals surface area contributed by atoms with Gasteiger partial charge in [-0.15, -0.1) is 0 Å². The summed E-state index contributed by atoms with van der Waals surface area (Å²) in [6, 6.07) is 1.35. The van der Waals surface area contributed by atoms with Crippen molar-refractivity contribution in [2.75, 3.05) is 30.8 Å². The number of aromatic nitrogens is 6. The fraction of sp³-hybridized carbons (Fsp3) is 0.591. The zero-order valence-corrected chi connectivity index (χ0v) is 21.3. The summed E-state index contributed by atoms with van der Waals surface area (Å²) in [6.07, 6.45) is -0.506. The molecule has 0 unspecified atom stereocenters. The van der Waals surface area contributed by atoms with E-state index >= 15 is 0 Å². The van der Waals surface area contributed by atoms with Crippen LogP contribution in [0, 0.1) is 0 Å². The number of carbonyl (C=O) groups excluding carboxylic acids is 1. The third kappa shape index (κ3) is 5.42. The smallest absolute Gasteiger partial charge is 0.237 e. The van der Waals surface area contributed by atoms with Gasteiger partial charge in [0.2, 0.25) is 5.91 Å². The van der Waals surface area contributed by atoms with Crippen molar-refractivity contribution in [2.24, 2.45) is 5.73 Å². The number of nitrogens with one attached hydrogen (secondary N) is 1. The van der Waals surface area contributed by atoms with Gasteiger partial charge in [0.1, 0.15) is 24.1 Å². The van der Waals surface area contributed by atoms with Crippen molar-refractivity contribution < 1.29 is 19.7 Å². The monoisotopic (exact) mass is 532 g/mol. The lowest BCUT2D eigenvalue weighted by molar-refractivity contribution is -0.122. The van der Waals surface area contributed by atoms with Crippen molar-refractivity contribution in [2.45, 2.75) is 56.6 Å². The molecular weight excluding hydrogens is 500 g/mol. The molecule has 0 bridgehead atoms. The van der Waals surface area contributed by atoms with E-state index in [0.29, 0.717) is 35.6 Å². The Kier molecular flexibility index (Phi) is 7.60. The van der Waals surface area contributed by atoms with Crippen LogP contribution >= 0.6 is 11.8 Å². The Morgan fingerprint density at radius 3 is 2.97 bits per heavy atom. The van der Waals surface area contributed by atoms with Gasteiger partial charge >= 0.3 is 0 Å². The molecule has 0 saturated carbocycles. The van der Waals surface area contributed by atoms with Gasteiger partial charge in [0.15, 0.2) is 17.7 Å². The van der Waals surface area contributed by atoms with E-state index in [0.717, 1.165) is 31.0 Å². The Bertz CT molecular complexity index is 1250. The number of aliphatic hydroxyl groups excluding tert-OH is 2. The van der Waals surface area contributed by atoms with E-state index in [9.17, 15) is 15.0 Å². The first-order valence-electron chi connectivity index (χ1n) is 12.1. The van der Waals surface area contributed by atoms with Crippen LogP contribution in [0.1, 0.15) is 24.0 Å². The summed E-state index contributed by atoms with van der Waals surface area (Å²) >= 11 is 1.49. The van der Waals surface area contributed by atoms with Crippen molar-refractivity contribution >= 4 is 34.7 Å². The molecule has 5 rings (SSSR count). The molecule has 2 aliphatic rings. The standard InChI is InChI=1S/C22H32N10O4S/c1-30-3-4-32-13(8-30)6-12(29-32)7-25-21(35)14(23)2-5-37-9-15-17(33)18(34)22(36-15)31-11-28-16-19(24)26-10-27-20(16)31/h6,10-11,14-15,17-18,22,33-34H,2-5,7-9,23H2,1H3,(H,25,35)(H2,24,26,27)/t14-,15+,17+,18+,22+/m0/s1. The number of nitrogens with zero attached hydrogens (tertiary/aromatic N) is 7. The summed E-state index contributed by atoms with van der Waals surface area (Å²) in [5.41, 5.74) is 14.7. The first-order valence-corrected chi connectivity index (χ1v) is 13.3. The molecular formula is C22H32N10O4S. The molecule has 200 valence electrons. The van der Waals surface area contributed by atoms with E-state index in [4.69, 9.17) is 16.2 Å². The van der Waals surface area contributed by atoms with E-state index < -0.39 is 30.6 Å². The molecule has 1 fully saturated rings. The molecule has 1 saturated heterocycles. The second-order valence-electron chi connectivity index (χ2n) is 9.41. The molecule has 5 heterocycles. The van der Waals surface area contributed by atoms with E-state index in [1.807, 2.05) is 10.7 Å². The second kappa shape index (κ2) is 10.9. The highest BCUT2D eigenvalue weighted by Crippen LogP contribution is 2.33. The van der Waals surface area contributed by atoms with Crippen molar-refractivity contribution in [3.63, 3.8) is 0 Å². The molecule has 15 heteroatoms. The van der Waals surface area contributed by atoms with Gasteiger partial charge in [-0.2, -0.15) is 16.9 Å². The fourth-order valence-electron chi connectivity index (χ4n) is 4.55. The number of amides is 1. The van der Waals surface area contributed by atoms with Crippen LogP contribution in [0.4, 0.5) is 5.82 Å². The summed E-state index contributed by atoms with van der Waals surface area (Å²) < 4.78 is 9.47. The summed E-state index contributed by atoms with van der Waals surface area (Å²) in [4.78, 5) is 26.9. The number of nitrogens with two attached hydrogens (primary N) is 2. The number of nitrogen functional groups attached to an aromatic ring is 1. The Balaban J connectivity index is 1.06. The highest BCUT2D eigenvalue weighted by Gasteiger charge is 2.44. The van der Waals surface area contributed by atoms with E-state index in [2.05, 4.69) is 37.3 Å². The van der Waals surface area contributed by atoms with Gasteiger partial charge in [0.05, 0.1) is 43.0 Å². The number of hydrogen-bond acceptors (Lipinski definition) is 12. The normalized spacial score (nSPS) is 24.9. The number of likely N-dealkylation sites (N-methyl/N-ethyl adjacent to an activating group) is 1. The number of aliphatic hydroxyl groups is 2. The van der Waals surface area contributed by atoms with Crippen LogP contribution in [0.2, 0.25) is 0 Å². The fourth-order valence-corrected chi connectivity index (χ4v) is 5.64. The first kappa shape index (κ1) is 25.8. The topological polar surface area (TPSA) is 195 Å². The van der Waals surface area contributed by atoms with Crippen molar-refractivity contribution in [3.8, 4) is 0 Å². The maximum Gasteiger partial charge on any atom is 0.237 e. The molecule has 2 aliphatic heterocycles. The van der Waals surface area contributed by atoms with Gasteiger partial charge in [0, 0.05) is 18.8 Å². The summed E-state index contributed by atoms with van der Waals surface area (Å²) in [7, 11) is 2.07. The lowest BCUT2D eigenvalue weighted by Gasteiger charge is -2.22. The van der Waals surface area contributed by atoms with Gasteiger partial charge in [-0.25, -0.2) is 15.0 Å². The Labute approximate surface area is 217 Å². The molecule has 0 aromatic carbocycles. The molecule has 5 atom stereocenters. The van der Waals surface area contributed by atoms with Crippen molar-refractivity contribution in [3.05, 3.63) is 30.1 Å². The van der Waals surface area contributed by atoms with E-state index in [-0.39, 0.29) is 11.7 Å². The highest BCUT2D eigenvalue weighted by molar-refractivity contribution is 7.99. The molecule has 3 aromatic rings. The van der Waals surface area contributed by atoms with Crippen LogP contribution in [0.15, 0.2) is 18.7 Å². The molecule has 14 nitrogen and oxygen atoms in total. The predicted molar refractivity (Wildman–Crippen MR) is 136 cm³/mol. The molecule has 3 aromatic heterocycles. The quantitative estimate of drug-likeness (QED) is 0.199. The Hall–Kier alpha value is -2.82. The van der Waals surface area contributed by atoms with Gasteiger partial charge in [-0.3, -0.25) is 18.9 Å². The maximum absolute atomic E-state index is 12.4. The molecule has 1 amide bonds. The molecule has 7 N–H and O–H groups in total. The zero-order valence-electron chi connectivity index (χ0n) is 20.5. The molecule has 0 radical (unpaired) electrons. The lowest BCUT2D eigenvalue weighted by Crippen LogP contribution is -2.40. The predicted octanol–water partition coefficient (Wildman–Crippen LogP) is -1.56. The number of hydrogen-bond donors (Lipinski definition) is 5. The summed E-state index contributed by atoms with van der Waals surface area (Å²) in [5.74, 6) is 0.998. The van der Waals surface area contributed by atoms with Crippen LogP contribution in [-0.4, -0.2) is 99.8 Å². The van der Waals surface area contributed by atoms with Gasteiger partial charge in [0.25, 0.3) is 0 Å². The average molecular weight is 533 g/mol. The Morgan fingerprint density at radius 1 is 1.30 bits per heavy atom. The number of imidazole rings is 1. The van der Waals surface area contributed by atoms with Gasteiger partial charge in [-0.1, -0.05) is 0 Å². The van der Waals surface area contributed by atoms with Crippen LogP contribution in [0.3, 0.4) is 0 Å². The van der Waals surface area contributed by atoms with Crippen molar-refractivity contribution in [1.29, 1.82) is 0 Å². The minimum Gasteiger partial charge on any atom is -0.387 e. The molecule has 0 aliphatic carbocycles. The van der Waals surface area contributed by atoms with Crippen LogP contribution in [0.5, 0.6) is 0 Å². The number of carbonyl (C=O) groups is 1. The second-order valence-corrected chi connectivity index (χ2v) is 10.6. The number of anilines is 1. The SMILES string of the molecule is CN1CCn2nc(CNC(=O)[C@@H](N)CCSC[C@H]3O[C@@H](n4cnc5c(N)ncnc54)[C@H](O)[C@@H]3O)cc2C1. The van der Waals surface area contributed by atoms with Crippen LogP contribution in [0.25, 0.3) is 11.2 Å².